The molecule has 3 aromatic rings. The number of nitro groups is 1. The standard InChI is InChI=1S/C18H17N5O4/c1-10-4-3-5-11(2)16(10)20-15(24)9-19-18(25)17-13-8-12(23(26)27)6-7-14(13)21-22-17/h3-8H,9H2,1-2H3,(H,19,25)(H,20,24)(H,21,22). The zero-order valence-corrected chi connectivity index (χ0v) is 14.7. The van der Waals surface area contributed by atoms with Gasteiger partial charge in [-0.1, -0.05) is 18.2 Å². The average Bonchev–Trinajstić information content (AvgIpc) is 3.06. The normalized spacial score (nSPS) is 10.6. The Labute approximate surface area is 153 Å². The maximum Gasteiger partial charge on any atom is 0.272 e. The lowest BCUT2D eigenvalue weighted by Gasteiger charge is -2.11. The summed E-state index contributed by atoms with van der Waals surface area (Å²) in [5.41, 5.74) is 2.88. The number of benzene rings is 2. The number of hydrogen-bond acceptors (Lipinski definition) is 5. The van der Waals surface area contributed by atoms with E-state index in [1.165, 1.54) is 18.2 Å². The first-order valence-corrected chi connectivity index (χ1v) is 8.13. The molecule has 0 saturated heterocycles. The van der Waals surface area contributed by atoms with Crippen molar-refractivity contribution in [1.29, 1.82) is 0 Å². The van der Waals surface area contributed by atoms with Crippen LogP contribution in [0.5, 0.6) is 0 Å². The molecule has 0 bridgehead atoms. The summed E-state index contributed by atoms with van der Waals surface area (Å²) in [5, 5.41) is 23.0. The number of nitro benzene ring substituents is 1. The van der Waals surface area contributed by atoms with E-state index in [4.69, 9.17) is 0 Å². The molecule has 0 radical (unpaired) electrons. The van der Waals surface area contributed by atoms with E-state index >= 15 is 0 Å². The number of amides is 2. The van der Waals surface area contributed by atoms with Crippen molar-refractivity contribution in [2.75, 3.05) is 11.9 Å². The molecular weight excluding hydrogens is 350 g/mol. The molecule has 0 aliphatic heterocycles. The zero-order chi connectivity index (χ0) is 19.6. The Hall–Kier alpha value is -3.75. The van der Waals surface area contributed by atoms with Crippen molar-refractivity contribution < 1.29 is 14.5 Å². The van der Waals surface area contributed by atoms with Gasteiger partial charge in [-0.15, -0.1) is 0 Å². The van der Waals surface area contributed by atoms with Gasteiger partial charge in [0.15, 0.2) is 5.69 Å². The van der Waals surface area contributed by atoms with E-state index in [-0.39, 0.29) is 23.8 Å². The van der Waals surface area contributed by atoms with Crippen LogP contribution in [0.2, 0.25) is 0 Å². The van der Waals surface area contributed by atoms with Crippen LogP contribution < -0.4 is 10.6 Å². The van der Waals surface area contributed by atoms with Gasteiger partial charge in [0.1, 0.15) is 0 Å². The third-order valence-electron chi connectivity index (χ3n) is 4.13. The van der Waals surface area contributed by atoms with Crippen LogP contribution in [-0.4, -0.2) is 33.5 Å². The van der Waals surface area contributed by atoms with Crippen molar-refractivity contribution in [1.82, 2.24) is 15.5 Å². The lowest BCUT2D eigenvalue weighted by molar-refractivity contribution is -0.384. The Kier molecular flexibility index (Phi) is 4.84. The second kappa shape index (κ2) is 7.24. The maximum absolute atomic E-state index is 12.3. The van der Waals surface area contributed by atoms with Crippen molar-refractivity contribution in [3.63, 3.8) is 0 Å². The summed E-state index contributed by atoms with van der Waals surface area (Å²) in [6, 6.07) is 9.72. The fourth-order valence-electron chi connectivity index (χ4n) is 2.73. The average molecular weight is 367 g/mol. The topological polar surface area (TPSA) is 130 Å². The first-order valence-electron chi connectivity index (χ1n) is 8.13. The Bertz CT molecular complexity index is 1040. The molecule has 0 saturated carbocycles. The van der Waals surface area contributed by atoms with Gasteiger partial charge >= 0.3 is 0 Å². The monoisotopic (exact) mass is 367 g/mol. The van der Waals surface area contributed by atoms with Gasteiger partial charge < -0.3 is 10.6 Å². The summed E-state index contributed by atoms with van der Waals surface area (Å²) < 4.78 is 0. The number of rotatable bonds is 5. The summed E-state index contributed by atoms with van der Waals surface area (Å²) in [5.74, 6) is -0.982. The molecule has 9 nitrogen and oxygen atoms in total. The minimum atomic E-state index is -0.599. The fraction of sp³-hybridized carbons (Fsp3) is 0.167. The molecule has 9 heteroatoms. The van der Waals surface area contributed by atoms with E-state index in [1.54, 1.807) is 0 Å². The molecule has 1 aromatic heterocycles. The van der Waals surface area contributed by atoms with E-state index < -0.39 is 10.8 Å². The first kappa shape index (κ1) is 18.1. The van der Waals surface area contributed by atoms with Crippen molar-refractivity contribution in [3.05, 3.63) is 63.3 Å². The highest BCUT2D eigenvalue weighted by Gasteiger charge is 2.18. The lowest BCUT2D eigenvalue weighted by Crippen LogP contribution is -2.33. The van der Waals surface area contributed by atoms with E-state index in [0.29, 0.717) is 16.6 Å². The van der Waals surface area contributed by atoms with Gasteiger partial charge in [-0.05, 0) is 31.0 Å². The minimum absolute atomic E-state index is 0.00595. The number of anilines is 1. The third kappa shape index (κ3) is 3.76. The third-order valence-corrected chi connectivity index (χ3v) is 4.13. The fourth-order valence-corrected chi connectivity index (χ4v) is 2.73. The van der Waals surface area contributed by atoms with Crippen LogP contribution in [0, 0.1) is 24.0 Å². The van der Waals surface area contributed by atoms with E-state index in [0.717, 1.165) is 11.1 Å². The van der Waals surface area contributed by atoms with Crippen molar-refractivity contribution in [2.45, 2.75) is 13.8 Å². The summed E-state index contributed by atoms with van der Waals surface area (Å²) in [6.45, 7) is 3.50. The molecule has 0 fully saturated rings. The number of fused-ring (bicyclic) bond motifs is 1. The predicted molar refractivity (Wildman–Crippen MR) is 99.6 cm³/mol. The van der Waals surface area contributed by atoms with Gasteiger partial charge in [0, 0.05) is 23.2 Å². The van der Waals surface area contributed by atoms with Crippen LogP contribution in [-0.2, 0) is 4.79 Å². The second-order valence-corrected chi connectivity index (χ2v) is 6.06. The number of aryl methyl sites for hydroxylation is 2. The molecule has 3 N–H and O–H groups in total. The lowest BCUT2D eigenvalue weighted by atomic mass is 10.1. The zero-order valence-electron chi connectivity index (χ0n) is 14.7. The summed E-state index contributed by atoms with van der Waals surface area (Å²) in [7, 11) is 0. The highest BCUT2D eigenvalue weighted by molar-refractivity contribution is 6.06. The Balaban J connectivity index is 1.71. The number of hydrogen-bond donors (Lipinski definition) is 3. The van der Waals surface area contributed by atoms with Gasteiger partial charge in [-0.25, -0.2) is 0 Å². The SMILES string of the molecule is Cc1cccc(C)c1NC(=O)CNC(=O)c1n[nH]c2ccc([N+](=O)[O-])cc12. The minimum Gasteiger partial charge on any atom is -0.342 e. The van der Waals surface area contributed by atoms with E-state index in [1.807, 2.05) is 32.0 Å². The van der Waals surface area contributed by atoms with Crippen LogP contribution in [0.3, 0.4) is 0 Å². The van der Waals surface area contributed by atoms with Crippen LogP contribution in [0.4, 0.5) is 11.4 Å². The number of aromatic nitrogens is 2. The van der Waals surface area contributed by atoms with Crippen molar-refractivity contribution in [2.24, 2.45) is 0 Å². The number of aromatic amines is 1. The van der Waals surface area contributed by atoms with E-state index in [9.17, 15) is 19.7 Å². The Morgan fingerprint density at radius 1 is 1.19 bits per heavy atom. The summed E-state index contributed by atoms with van der Waals surface area (Å²) in [4.78, 5) is 34.9. The van der Waals surface area contributed by atoms with Crippen LogP contribution in [0.1, 0.15) is 21.6 Å². The van der Waals surface area contributed by atoms with Gasteiger partial charge in [-0.3, -0.25) is 24.8 Å². The summed E-state index contributed by atoms with van der Waals surface area (Å²) >= 11 is 0. The molecule has 3 rings (SSSR count). The molecular formula is C18H17N5O4. The summed E-state index contributed by atoms with van der Waals surface area (Å²) in [6.07, 6.45) is 0. The first-order chi connectivity index (χ1) is 12.9. The second-order valence-electron chi connectivity index (χ2n) is 6.06. The number of nitrogens with zero attached hydrogens (tertiary/aromatic N) is 2. The molecule has 0 aliphatic carbocycles. The van der Waals surface area contributed by atoms with Crippen molar-refractivity contribution in [3.8, 4) is 0 Å². The molecule has 0 spiro atoms. The number of para-hydroxylation sites is 1. The van der Waals surface area contributed by atoms with Crippen LogP contribution >= 0.6 is 0 Å². The molecule has 0 atom stereocenters. The quantitative estimate of drug-likeness (QED) is 0.471. The number of non-ortho nitro benzene ring substituents is 1. The van der Waals surface area contributed by atoms with E-state index in [2.05, 4.69) is 20.8 Å². The number of carbonyl (C=O) groups is 2. The van der Waals surface area contributed by atoms with Gasteiger partial charge in [0.25, 0.3) is 11.6 Å². The van der Waals surface area contributed by atoms with Crippen LogP contribution in [0.15, 0.2) is 36.4 Å². The Morgan fingerprint density at radius 2 is 1.89 bits per heavy atom. The molecule has 0 unspecified atom stereocenters. The number of nitrogens with one attached hydrogen (secondary N) is 3. The highest BCUT2D eigenvalue weighted by Crippen LogP contribution is 2.22. The maximum atomic E-state index is 12.3. The molecule has 2 amide bonds. The number of H-pyrrole nitrogens is 1. The van der Waals surface area contributed by atoms with Crippen molar-refractivity contribution >= 4 is 34.1 Å². The van der Waals surface area contributed by atoms with Gasteiger partial charge in [0.05, 0.1) is 17.0 Å². The molecule has 0 aliphatic rings. The molecule has 138 valence electrons. The molecule has 2 aromatic carbocycles. The van der Waals surface area contributed by atoms with Crippen LogP contribution in [0.25, 0.3) is 10.9 Å². The predicted octanol–water partition coefficient (Wildman–Crippen LogP) is 2.46. The largest absolute Gasteiger partial charge is 0.342 e. The molecule has 27 heavy (non-hydrogen) atoms. The smallest absolute Gasteiger partial charge is 0.272 e. The van der Waals surface area contributed by atoms with Gasteiger partial charge in [0.2, 0.25) is 5.91 Å². The highest BCUT2D eigenvalue weighted by atomic mass is 16.6. The van der Waals surface area contributed by atoms with Gasteiger partial charge in [-0.2, -0.15) is 5.10 Å². The number of carbonyl (C=O) groups excluding carboxylic acids is 2. The molecule has 1 heterocycles. The Morgan fingerprint density at radius 3 is 2.56 bits per heavy atom.